The van der Waals surface area contributed by atoms with Gasteiger partial charge in [-0.2, -0.15) is 4.98 Å². The van der Waals surface area contributed by atoms with Gasteiger partial charge < -0.3 is 24.8 Å². The molecule has 7 nitrogen and oxygen atoms in total. The maximum absolute atomic E-state index is 9.56. The van der Waals surface area contributed by atoms with Crippen molar-refractivity contribution in [3.63, 3.8) is 0 Å². The summed E-state index contributed by atoms with van der Waals surface area (Å²) >= 11 is 0. The summed E-state index contributed by atoms with van der Waals surface area (Å²) in [6, 6.07) is 4.72. The summed E-state index contributed by atoms with van der Waals surface area (Å²) in [6.45, 7) is 0.523. The third-order valence-electron chi connectivity index (χ3n) is 3.29. The third-order valence-corrected chi connectivity index (χ3v) is 3.29. The summed E-state index contributed by atoms with van der Waals surface area (Å²) in [5, 5.41) is 26.1. The third kappa shape index (κ3) is 2.33. The number of aliphatic hydroxyl groups is 1. The predicted octanol–water partition coefficient (Wildman–Crippen LogP) is 0.846. The van der Waals surface area contributed by atoms with Crippen LogP contribution in [0.4, 0.5) is 0 Å². The van der Waals surface area contributed by atoms with Gasteiger partial charge in [-0.15, -0.1) is 0 Å². The van der Waals surface area contributed by atoms with E-state index in [4.69, 9.17) is 9.26 Å². The molecular weight excluding hydrogens is 262 g/mol. The van der Waals surface area contributed by atoms with Crippen LogP contribution in [0.5, 0.6) is 11.5 Å². The van der Waals surface area contributed by atoms with E-state index in [0.717, 1.165) is 0 Å². The number of aliphatic hydroxyl groups excluding tert-OH is 1. The molecule has 0 bridgehead atoms. The van der Waals surface area contributed by atoms with Crippen LogP contribution in [0.1, 0.15) is 18.4 Å². The summed E-state index contributed by atoms with van der Waals surface area (Å²) in [4.78, 5) is 4.31. The van der Waals surface area contributed by atoms with Gasteiger partial charge >= 0.3 is 0 Å². The number of ether oxygens (including phenoxy) is 1. The zero-order valence-electron chi connectivity index (χ0n) is 10.9. The van der Waals surface area contributed by atoms with Crippen LogP contribution in [0, 0.1) is 0 Å². The van der Waals surface area contributed by atoms with Crippen molar-refractivity contribution >= 4 is 0 Å². The summed E-state index contributed by atoms with van der Waals surface area (Å²) in [7, 11) is 1.48. The first-order valence-electron chi connectivity index (χ1n) is 6.30. The van der Waals surface area contributed by atoms with E-state index >= 15 is 0 Å². The standard InChI is InChI=1S/C13H15N3O4/c1-19-11-4-7(2-3-10(11)18)12-15-13(20-16-12)9-5-8(17)6-14-9/h2-4,8-9,14,17-18H,5-6H2,1H3/t8?,9-/m0/s1. The lowest BCUT2D eigenvalue weighted by Crippen LogP contribution is -2.15. The van der Waals surface area contributed by atoms with Gasteiger partial charge in [-0.25, -0.2) is 0 Å². The highest BCUT2D eigenvalue weighted by Gasteiger charge is 2.28. The van der Waals surface area contributed by atoms with Gasteiger partial charge in [0.1, 0.15) is 0 Å². The van der Waals surface area contributed by atoms with Crippen molar-refractivity contribution in [2.45, 2.75) is 18.6 Å². The second kappa shape index (κ2) is 5.10. The van der Waals surface area contributed by atoms with Crippen molar-refractivity contribution < 1.29 is 19.5 Å². The van der Waals surface area contributed by atoms with E-state index in [1.54, 1.807) is 12.1 Å². The van der Waals surface area contributed by atoms with Crippen molar-refractivity contribution in [3.05, 3.63) is 24.1 Å². The Morgan fingerprint density at radius 2 is 2.30 bits per heavy atom. The van der Waals surface area contributed by atoms with Gasteiger partial charge in [0.05, 0.1) is 19.3 Å². The first-order chi connectivity index (χ1) is 9.67. The van der Waals surface area contributed by atoms with Crippen LogP contribution < -0.4 is 10.1 Å². The molecule has 0 spiro atoms. The Labute approximate surface area is 115 Å². The van der Waals surface area contributed by atoms with Crippen LogP contribution in [-0.4, -0.2) is 40.1 Å². The number of β-amino-alcohol motifs (C(OH)–C–C–N with tert-alkyl or cyclic N) is 1. The number of aromatic hydroxyl groups is 1. The summed E-state index contributed by atoms with van der Waals surface area (Å²) in [6.07, 6.45) is 0.171. The molecule has 0 saturated carbocycles. The minimum Gasteiger partial charge on any atom is -0.504 e. The molecule has 106 valence electrons. The SMILES string of the molecule is COc1cc(-c2noc([C@@H]3CC(O)CN3)n2)ccc1O. The van der Waals surface area contributed by atoms with Crippen LogP contribution in [0.3, 0.4) is 0 Å². The van der Waals surface area contributed by atoms with Crippen molar-refractivity contribution in [2.24, 2.45) is 0 Å². The van der Waals surface area contributed by atoms with Crippen LogP contribution in [0.15, 0.2) is 22.7 Å². The second-order valence-electron chi connectivity index (χ2n) is 4.69. The van der Waals surface area contributed by atoms with Gasteiger partial charge in [0.25, 0.3) is 0 Å². The maximum Gasteiger partial charge on any atom is 0.244 e. The lowest BCUT2D eigenvalue weighted by molar-refractivity contribution is 0.191. The molecule has 1 aromatic heterocycles. The lowest BCUT2D eigenvalue weighted by Gasteiger charge is -2.04. The Hall–Kier alpha value is -2.12. The smallest absolute Gasteiger partial charge is 0.244 e. The highest BCUT2D eigenvalue weighted by Crippen LogP contribution is 2.31. The van der Waals surface area contributed by atoms with Crippen molar-refractivity contribution in [3.8, 4) is 22.9 Å². The van der Waals surface area contributed by atoms with Gasteiger partial charge in [0.2, 0.25) is 11.7 Å². The topological polar surface area (TPSA) is 101 Å². The molecule has 0 radical (unpaired) electrons. The van der Waals surface area contributed by atoms with E-state index in [1.807, 2.05) is 0 Å². The summed E-state index contributed by atoms with van der Waals surface area (Å²) < 4.78 is 10.3. The average molecular weight is 277 g/mol. The Morgan fingerprint density at radius 1 is 1.45 bits per heavy atom. The molecule has 2 aromatic rings. The Balaban J connectivity index is 1.86. The fourth-order valence-corrected chi connectivity index (χ4v) is 2.22. The van der Waals surface area contributed by atoms with Gasteiger partial charge in [-0.1, -0.05) is 5.16 Å². The van der Waals surface area contributed by atoms with E-state index in [2.05, 4.69) is 15.5 Å². The fraction of sp³-hybridized carbons (Fsp3) is 0.385. The van der Waals surface area contributed by atoms with E-state index < -0.39 is 0 Å². The highest BCUT2D eigenvalue weighted by molar-refractivity contribution is 5.60. The number of benzene rings is 1. The van der Waals surface area contributed by atoms with Crippen molar-refractivity contribution in [1.82, 2.24) is 15.5 Å². The molecule has 2 heterocycles. The molecule has 0 aliphatic carbocycles. The Kier molecular flexibility index (Phi) is 3.29. The minimum absolute atomic E-state index is 0.0561. The molecule has 1 aliphatic heterocycles. The molecular formula is C13H15N3O4. The number of phenolic OH excluding ortho intramolecular Hbond substituents is 1. The molecule has 2 atom stereocenters. The van der Waals surface area contributed by atoms with Crippen LogP contribution in [0.25, 0.3) is 11.4 Å². The van der Waals surface area contributed by atoms with Gasteiger partial charge in [-0.05, 0) is 24.6 Å². The zero-order valence-corrected chi connectivity index (χ0v) is 10.9. The van der Waals surface area contributed by atoms with Crippen LogP contribution in [-0.2, 0) is 0 Å². The van der Waals surface area contributed by atoms with E-state index in [-0.39, 0.29) is 17.9 Å². The minimum atomic E-state index is -0.385. The molecule has 7 heteroatoms. The largest absolute Gasteiger partial charge is 0.504 e. The second-order valence-corrected chi connectivity index (χ2v) is 4.69. The number of hydrogen-bond donors (Lipinski definition) is 3. The fourth-order valence-electron chi connectivity index (χ4n) is 2.22. The maximum atomic E-state index is 9.56. The van der Waals surface area contributed by atoms with E-state index in [0.29, 0.717) is 36.0 Å². The van der Waals surface area contributed by atoms with E-state index in [1.165, 1.54) is 13.2 Å². The van der Waals surface area contributed by atoms with Gasteiger partial charge in [-0.3, -0.25) is 0 Å². The molecule has 1 unspecified atom stereocenters. The van der Waals surface area contributed by atoms with Crippen LogP contribution in [0.2, 0.25) is 0 Å². The molecule has 20 heavy (non-hydrogen) atoms. The number of nitrogens with one attached hydrogen (secondary N) is 1. The molecule has 1 aliphatic rings. The van der Waals surface area contributed by atoms with Crippen molar-refractivity contribution in [2.75, 3.05) is 13.7 Å². The molecule has 3 N–H and O–H groups in total. The Morgan fingerprint density at radius 3 is 3.00 bits per heavy atom. The van der Waals surface area contributed by atoms with E-state index in [9.17, 15) is 10.2 Å². The molecule has 0 amide bonds. The van der Waals surface area contributed by atoms with Gasteiger partial charge in [0.15, 0.2) is 11.5 Å². The van der Waals surface area contributed by atoms with Crippen LogP contribution >= 0.6 is 0 Å². The predicted molar refractivity (Wildman–Crippen MR) is 69.3 cm³/mol. The first kappa shape index (κ1) is 12.9. The number of phenols is 1. The number of hydrogen-bond acceptors (Lipinski definition) is 7. The molecule has 3 rings (SSSR count). The van der Waals surface area contributed by atoms with Gasteiger partial charge in [0, 0.05) is 12.1 Å². The number of rotatable bonds is 3. The summed E-state index contributed by atoms with van der Waals surface area (Å²) in [5.74, 6) is 1.27. The molecule has 1 saturated heterocycles. The highest BCUT2D eigenvalue weighted by atomic mass is 16.5. The quantitative estimate of drug-likeness (QED) is 0.764. The number of methoxy groups -OCH3 is 1. The number of aromatic nitrogens is 2. The average Bonchev–Trinajstić information content (AvgIpc) is 3.08. The normalized spacial score (nSPS) is 22.1. The molecule has 1 aromatic carbocycles. The molecule has 1 fully saturated rings. The monoisotopic (exact) mass is 277 g/mol. The lowest BCUT2D eigenvalue weighted by atomic mass is 10.2. The Bertz CT molecular complexity index is 613. The number of nitrogens with zero attached hydrogens (tertiary/aromatic N) is 2. The summed E-state index contributed by atoms with van der Waals surface area (Å²) in [5.41, 5.74) is 0.688. The van der Waals surface area contributed by atoms with Crippen molar-refractivity contribution in [1.29, 1.82) is 0 Å². The zero-order chi connectivity index (χ0) is 14.1. The first-order valence-corrected chi connectivity index (χ1v) is 6.30.